The summed E-state index contributed by atoms with van der Waals surface area (Å²) in [6, 6.07) is 12.8. The van der Waals surface area contributed by atoms with Gasteiger partial charge in [-0.3, -0.25) is 9.59 Å². The van der Waals surface area contributed by atoms with E-state index < -0.39 is 0 Å². The van der Waals surface area contributed by atoms with E-state index in [1.807, 2.05) is 30.3 Å². The summed E-state index contributed by atoms with van der Waals surface area (Å²) in [6.07, 6.45) is 1.88. The summed E-state index contributed by atoms with van der Waals surface area (Å²) < 4.78 is 0. The van der Waals surface area contributed by atoms with Crippen molar-refractivity contribution in [3.8, 4) is 0 Å². The maximum Gasteiger partial charge on any atom is 0.263 e. The molecule has 2 rings (SSSR count). The summed E-state index contributed by atoms with van der Waals surface area (Å²) in [7, 11) is 0. The maximum absolute atomic E-state index is 12.7. The second kappa shape index (κ2) is 6.88. The van der Waals surface area contributed by atoms with Gasteiger partial charge in [-0.1, -0.05) is 31.5 Å². The Hall–Kier alpha value is -2.36. The topological polar surface area (TPSA) is 53.2 Å². The van der Waals surface area contributed by atoms with Crippen LogP contribution in [0.4, 0.5) is 5.69 Å². The molecule has 0 unspecified atom stereocenters. The zero-order valence-electron chi connectivity index (χ0n) is 12.4. The Morgan fingerprint density at radius 1 is 1.14 bits per heavy atom. The maximum atomic E-state index is 12.7. The normalized spacial score (nSPS) is 10.4. The molecule has 0 bridgehead atoms. The Bertz CT molecular complexity index is 662. The molecule has 110 valence electrons. The van der Waals surface area contributed by atoms with E-state index in [1.165, 1.54) is 0 Å². The van der Waals surface area contributed by atoms with Crippen LogP contribution in [-0.2, 0) is 0 Å². The zero-order valence-corrected chi connectivity index (χ0v) is 12.4. The quantitative estimate of drug-likeness (QED) is 0.917. The summed E-state index contributed by atoms with van der Waals surface area (Å²) in [5.74, 6) is -0.254. The van der Waals surface area contributed by atoms with Crippen molar-refractivity contribution in [3.63, 3.8) is 0 Å². The van der Waals surface area contributed by atoms with Crippen LogP contribution >= 0.6 is 0 Å². The van der Waals surface area contributed by atoms with Gasteiger partial charge in [0, 0.05) is 17.9 Å². The number of nitrogens with one attached hydrogen (secondary N) is 1. The minimum absolute atomic E-state index is 0.181. The fraction of sp³-hybridized carbons (Fsp3) is 0.294. The standard InChI is InChI=1S/C17H20N2O2/c1-3-4-12-19(14-8-6-5-7-9-14)17(21)15-11-10-13(2)18-16(15)20/h5-11H,3-4,12H2,1-2H3,(H,18,20). The SMILES string of the molecule is CCCCN(C(=O)c1ccc(C)[nH]c1=O)c1ccccc1. The minimum Gasteiger partial charge on any atom is -0.326 e. The van der Waals surface area contributed by atoms with Crippen LogP contribution in [0, 0.1) is 6.92 Å². The number of aromatic amines is 1. The van der Waals surface area contributed by atoms with Crippen molar-refractivity contribution in [2.24, 2.45) is 0 Å². The highest BCUT2D eigenvalue weighted by molar-refractivity contribution is 6.05. The average molecular weight is 284 g/mol. The number of pyridine rings is 1. The predicted octanol–water partition coefficient (Wildman–Crippen LogP) is 3.13. The van der Waals surface area contributed by atoms with Gasteiger partial charge in [-0.25, -0.2) is 0 Å². The lowest BCUT2D eigenvalue weighted by Crippen LogP contribution is -2.35. The summed E-state index contributed by atoms with van der Waals surface area (Å²) in [6.45, 7) is 4.47. The fourth-order valence-electron chi connectivity index (χ4n) is 2.16. The number of aryl methyl sites for hydroxylation is 1. The number of hydrogen-bond donors (Lipinski definition) is 1. The second-order valence-electron chi connectivity index (χ2n) is 5.03. The van der Waals surface area contributed by atoms with Crippen molar-refractivity contribution < 1.29 is 4.79 Å². The summed E-state index contributed by atoms with van der Waals surface area (Å²) >= 11 is 0. The molecule has 0 fully saturated rings. The first-order valence-electron chi connectivity index (χ1n) is 7.20. The molecule has 0 saturated heterocycles. The van der Waals surface area contributed by atoms with Crippen LogP contribution in [0.1, 0.15) is 35.8 Å². The van der Waals surface area contributed by atoms with E-state index in [1.54, 1.807) is 24.0 Å². The average Bonchev–Trinajstić information content (AvgIpc) is 2.48. The third kappa shape index (κ3) is 3.60. The van der Waals surface area contributed by atoms with E-state index in [0.29, 0.717) is 6.54 Å². The number of carbonyl (C=O) groups is 1. The van der Waals surface area contributed by atoms with Crippen molar-refractivity contribution >= 4 is 11.6 Å². The molecule has 1 heterocycles. The van der Waals surface area contributed by atoms with Crippen molar-refractivity contribution in [3.05, 3.63) is 64.1 Å². The molecule has 0 aliphatic carbocycles. The number of H-pyrrole nitrogens is 1. The van der Waals surface area contributed by atoms with Crippen molar-refractivity contribution in [2.75, 3.05) is 11.4 Å². The van der Waals surface area contributed by atoms with Crippen LogP contribution in [-0.4, -0.2) is 17.4 Å². The summed E-state index contributed by atoms with van der Waals surface area (Å²) in [5.41, 5.74) is 1.41. The molecule has 0 saturated carbocycles. The molecule has 0 radical (unpaired) electrons. The molecule has 4 heteroatoms. The van der Waals surface area contributed by atoms with Gasteiger partial charge in [0.25, 0.3) is 11.5 Å². The van der Waals surface area contributed by atoms with E-state index in [2.05, 4.69) is 11.9 Å². The van der Waals surface area contributed by atoms with Gasteiger partial charge >= 0.3 is 0 Å². The van der Waals surface area contributed by atoms with Crippen LogP contribution in [0.5, 0.6) is 0 Å². The first-order valence-corrected chi connectivity index (χ1v) is 7.20. The van der Waals surface area contributed by atoms with Crippen LogP contribution in [0.2, 0.25) is 0 Å². The van der Waals surface area contributed by atoms with Gasteiger partial charge in [-0.05, 0) is 37.6 Å². The molecule has 1 amide bonds. The Morgan fingerprint density at radius 2 is 1.86 bits per heavy atom. The first-order chi connectivity index (χ1) is 10.1. The van der Waals surface area contributed by atoms with Crippen LogP contribution in [0.3, 0.4) is 0 Å². The largest absolute Gasteiger partial charge is 0.326 e. The van der Waals surface area contributed by atoms with Gasteiger partial charge in [0.1, 0.15) is 5.56 Å². The molecule has 0 aliphatic rings. The lowest BCUT2D eigenvalue weighted by molar-refractivity contribution is 0.0985. The Kier molecular flexibility index (Phi) is 4.93. The molecular weight excluding hydrogens is 264 g/mol. The number of anilines is 1. The van der Waals surface area contributed by atoms with E-state index >= 15 is 0 Å². The van der Waals surface area contributed by atoms with Crippen LogP contribution < -0.4 is 10.5 Å². The van der Waals surface area contributed by atoms with E-state index in [0.717, 1.165) is 24.2 Å². The third-order valence-corrected chi connectivity index (χ3v) is 3.33. The van der Waals surface area contributed by atoms with Gasteiger partial charge < -0.3 is 9.88 Å². The monoisotopic (exact) mass is 284 g/mol. The first kappa shape index (κ1) is 15.0. The molecule has 4 nitrogen and oxygen atoms in total. The number of para-hydroxylation sites is 1. The van der Waals surface area contributed by atoms with Gasteiger partial charge in [-0.15, -0.1) is 0 Å². The third-order valence-electron chi connectivity index (χ3n) is 3.33. The number of carbonyl (C=O) groups excluding carboxylic acids is 1. The Labute approximate surface area is 124 Å². The molecular formula is C17H20N2O2. The molecule has 0 aliphatic heterocycles. The number of hydrogen-bond acceptors (Lipinski definition) is 2. The van der Waals surface area contributed by atoms with Crippen molar-refractivity contribution in [1.82, 2.24) is 4.98 Å². The smallest absolute Gasteiger partial charge is 0.263 e. The number of nitrogens with zero attached hydrogens (tertiary/aromatic N) is 1. The number of benzene rings is 1. The van der Waals surface area contributed by atoms with Crippen molar-refractivity contribution in [2.45, 2.75) is 26.7 Å². The van der Waals surface area contributed by atoms with Crippen LogP contribution in [0.25, 0.3) is 0 Å². The van der Waals surface area contributed by atoms with Crippen molar-refractivity contribution in [1.29, 1.82) is 0 Å². The highest BCUT2D eigenvalue weighted by Gasteiger charge is 2.19. The Balaban J connectivity index is 2.36. The lowest BCUT2D eigenvalue weighted by Gasteiger charge is -2.22. The van der Waals surface area contributed by atoms with E-state index in [4.69, 9.17) is 0 Å². The molecule has 2 aromatic rings. The van der Waals surface area contributed by atoms with Gasteiger partial charge in [-0.2, -0.15) is 0 Å². The molecule has 1 N–H and O–H groups in total. The molecule has 0 atom stereocenters. The Morgan fingerprint density at radius 3 is 2.48 bits per heavy atom. The van der Waals surface area contributed by atoms with Gasteiger partial charge in [0.2, 0.25) is 0 Å². The minimum atomic E-state index is -0.336. The molecule has 0 spiro atoms. The van der Waals surface area contributed by atoms with E-state index in [-0.39, 0.29) is 17.0 Å². The number of amides is 1. The molecule has 1 aromatic carbocycles. The zero-order chi connectivity index (χ0) is 15.2. The van der Waals surface area contributed by atoms with Gasteiger partial charge in [0.15, 0.2) is 0 Å². The highest BCUT2D eigenvalue weighted by atomic mass is 16.2. The summed E-state index contributed by atoms with van der Waals surface area (Å²) in [4.78, 5) is 29.0. The molecule has 21 heavy (non-hydrogen) atoms. The number of rotatable bonds is 5. The predicted molar refractivity (Wildman–Crippen MR) is 84.8 cm³/mol. The lowest BCUT2D eigenvalue weighted by atomic mass is 10.2. The number of unbranched alkanes of at least 4 members (excludes halogenated alkanes) is 1. The van der Waals surface area contributed by atoms with Gasteiger partial charge in [0.05, 0.1) is 0 Å². The molecule has 1 aromatic heterocycles. The highest BCUT2D eigenvalue weighted by Crippen LogP contribution is 2.16. The van der Waals surface area contributed by atoms with E-state index in [9.17, 15) is 9.59 Å². The summed E-state index contributed by atoms with van der Waals surface area (Å²) in [5, 5.41) is 0. The number of aromatic nitrogens is 1. The second-order valence-corrected chi connectivity index (χ2v) is 5.03. The van der Waals surface area contributed by atoms with Crippen LogP contribution in [0.15, 0.2) is 47.3 Å². The fourth-order valence-corrected chi connectivity index (χ4v) is 2.16.